The van der Waals surface area contributed by atoms with Crippen LogP contribution in [0.4, 0.5) is 16.4 Å². The number of aromatic nitrogens is 3. The van der Waals surface area contributed by atoms with Crippen LogP contribution in [-0.4, -0.2) is 69.5 Å². The number of carbonyl (C=O) groups excluding carboxylic acids is 2. The van der Waals surface area contributed by atoms with E-state index in [1.165, 1.54) is 22.1 Å². The smallest absolute Gasteiger partial charge is 0.317 e. The Morgan fingerprint density at radius 1 is 1.13 bits per heavy atom. The molecule has 2 aliphatic heterocycles. The zero-order valence-corrected chi connectivity index (χ0v) is 23.5. The zero-order valence-electron chi connectivity index (χ0n) is 21.3. The normalized spacial score (nSPS) is 16.4. The third-order valence-electron chi connectivity index (χ3n) is 7.34. The van der Waals surface area contributed by atoms with Gasteiger partial charge in [0.15, 0.2) is 23.3 Å². The van der Waals surface area contributed by atoms with Crippen LogP contribution in [0, 0.1) is 17.5 Å². The number of aromatic amines is 1. The minimum absolute atomic E-state index is 0.00146. The van der Waals surface area contributed by atoms with Gasteiger partial charge >= 0.3 is 6.03 Å². The molecule has 0 aliphatic carbocycles. The Morgan fingerprint density at radius 3 is 2.63 bits per heavy atom. The maximum atomic E-state index is 12.8. The first kappa shape index (κ1) is 26.0. The Balaban J connectivity index is 1.09. The number of urea groups is 1. The summed E-state index contributed by atoms with van der Waals surface area (Å²) in [6, 6.07) is 4.30. The van der Waals surface area contributed by atoms with Crippen molar-refractivity contribution in [3.05, 3.63) is 44.4 Å². The summed E-state index contributed by atoms with van der Waals surface area (Å²) in [5.74, 6) is -0.00424. The predicted molar refractivity (Wildman–Crippen MR) is 155 cm³/mol. The van der Waals surface area contributed by atoms with Crippen molar-refractivity contribution >= 4 is 63.0 Å². The first-order chi connectivity index (χ1) is 18.1. The number of benzene rings is 1. The number of nitrogens with one attached hydrogen (secondary N) is 4. The molecule has 13 heteroatoms. The van der Waals surface area contributed by atoms with Crippen molar-refractivity contribution in [2.75, 3.05) is 37.6 Å². The van der Waals surface area contributed by atoms with Crippen molar-refractivity contribution in [3.8, 4) is 0 Å². The molecule has 3 aromatic rings. The summed E-state index contributed by atoms with van der Waals surface area (Å²) in [6.07, 6.45) is 4.21. The van der Waals surface area contributed by atoms with E-state index in [9.17, 15) is 9.59 Å². The molecule has 1 saturated heterocycles. The molecule has 0 unspecified atom stereocenters. The molecule has 38 heavy (non-hydrogen) atoms. The van der Waals surface area contributed by atoms with Crippen LogP contribution in [0.25, 0.3) is 10.9 Å². The number of anilines is 2. The average Bonchev–Trinajstić information content (AvgIpc) is 3.45. The van der Waals surface area contributed by atoms with E-state index in [1.54, 1.807) is 0 Å². The number of carbonyl (C=O) groups is 2. The minimum atomic E-state index is -0.506. The molecule has 8 N–H and O–H groups in total. The molecule has 5 rings (SSSR count). The summed E-state index contributed by atoms with van der Waals surface area (Å²) in [5, 5.41) is 10.3. The number of nitrogens with two attached hydrogens (primary N) is 2. The molecule has 12 nitrogen and oxygen atoms in total. The molecule has 0 radical (unpaired) electrons. The Bertz CT molecular complexity index is 1440. The summed E-state index contributed by atoms with van der Waals surface area (Å²) in [4.78, 5) is 43.2. The minimum Gasteiger partial charge on any atom is -0.382 e. The number of nitrogen functional groups attached to an aromatic ring is 2. The van der Waals surface area contributed by atoms with Crippen LogP contribution in [0.15, 0.2) is 23.3 Å². The molecular weight excluding hydrogens is 599 g/mol. The Hall–Kier alpha value is -3.62. The predicted octanol–water partition coefficient (Wildman–Crippen LogP) is 1.82. The lowest BCUT2D eigenvalue weighted by Crippen LogP contribution is -2.58. The van der Waals surface area contributed by atoms with Crippen molar-refractivity contribution < 1.29 is 9.59 Å². The highest BCUT2D eigenvalue weighted by atomic mass is 127. The summed E-state index contributed by atoms with van der Waals surface area (Å²) < 4.78 is 0.400. The summed E-state index contributed by atoms with van der Waals surface area (Å²) in [5.41, 5.74) is 16.1. The second kappa shape index (κ2) is 10.3. The van der Waals surface area contributed by atoms with Gasteiger partial charge in [-0.15, -0.1) is 0 Å². The zero-order chi connectivity index (χ0) is 27.0. The number of rotatable bonds is 4. The third-order valence-corrected chi connectivity index (χ3v) is 8.13. The van der Waals surface area contributed by atoms with Gasteiger partial charge in [-0.25, -0.2) is 14.8 Å². The number of guanidine groups is 1. The molecule has 1 aromatic carbocycles. The first-order valence-corrected chi connectivity index (χ1v) is 13.5. The molecule has 3 amide bonds. The van der Waals surface area contributed by atoms with E-state index in [0.717, 1.165) is 11.9 Å². The molecular formula is C25H31IN10O2. The van der Waals surface area contributed by atoms with Crippen LogP contribution in [-0.2, 0) is 6.42 Å². The van der Waals surface area contributed by atoms with Gasteiger partial charge in [-0.05, 0) is 84.5 Å². The number of halogens is 1. The fraction of sp³-hybridized carbons (Fsp3) is 0.400. The lowest BCUT2D eigenvalue weighted by molar-refractivity contribution is 0.0971. The Labute approximate surface area is 233 Å². The van der Waals surface area contributed by atoms with Crippen molar-refractivity contribution in [2.24, 2.45) is 4.99 Å². The Morgan fingerprint density at radius 2 is 1.87 bits per heavy atom. The van der Waals surface area contributed by atoms with Crippen LogP contribution in [0.1, 0.15) is 40.0 Å². The summed E-state index contributed by atoms with van der Waals surface area (Å²) in [7, 11) is 0. The lowest BCUT2D eigenvalue weighted by Gasteiger charge is -2.39. The van der Waals surface area contributed by atoms with Gasteiger partial charge in [0.2, 0.25) is 0 Å². The van der Waals surface area contributed by atoms with Gasteiger partial charge < -0.3 is 32.0 Å². The van der Waals surface area contributed by atoms with Gasteiger partial charge in [-0.1, -0.05) is 0 Å². The van der Waals surface area contributed by atoms with E-state index in [1.807, 2.05) is 33.7 Å². The largest absolute Gasteiger partial charge is 0.382 e. The quantitative estimate of drug-likeness (QED) is 0.238. The first-order valence-electron chi connectivity index (χ1n) is 12.5. The fourth-order valence-electron chi connectivity index (χ4n) is 4.89. The van der Waals surface area contributed by atoms with Crippen molar-refractivity contribution in [1.29, 1.82) is 0 Å². The number of piperidine rings is 1. The van der Waals surface area contributed by atoms with E-state index < -0.39 is 5.91 Å². The standard InChI is InChI=1S/C25H31IN10O2/c1-13-9-16-15(11-30-17(16)10-14(13)2)3-6-29-24(38)36-7-4-25(5-8-36)12-31-23(35-25)34-22(37)18-20(27)33-21(28)19(26)32-18/h9-11,30H,3-8,12H2,1-2H3,(H,29,38)(H4,27,28,33)(H2,31,34,35,37). The van der Waals surface area contributed by atoms with E-state index in [-0.39, 0.29) is 28.9 Å². The van der Waals surface area contributed by atoms with Gasteiger partial charge in [-0.3, -0.25) is 15.1 Å². The maximum absolute atomic E-state index is 12.8. The molecule has 0 atom stereocenters. The molecule has 0 saturated carbocycles. The number of aliphatic imine (C=N–C) groups is 1. The molecule has 4 heterocycles. The molecule has 2 aliphatic rings. The van der Waals surface area contributed by atoms with Crippen LogP contribution >= 0.6 is 22.6 Å². The topological polar surface area (TPSA) is 179 Å². The number of hydrogen-bond acceptors (Lipinski definition) is 8. The highest BCUT2D eigenvalue weighted by Crippen LogP contribution is 2.26. The van der Waals surface area contributed by atoms with Crippen molar-refractivity contribution in [3.63, 3.8) is 0 Å². The van der Waals surface area contributed by atoms with Gasteiger partial charge in [0.25, 0.3) is 5.91 Å². The number of aryl methyl sites for hydroxylation is 2. The fourth-order valence-corrected chi connectivity index (χ4v) is 5.26. The number of amides is 3. The average molecular weight is 630 g/mol. The van der Waals surface area contributed by atoms with Crippen LogP contribution in [0.3, 0.4) is 0 Å². The van der Waals surface area contributed by atoms with Crippen LogP contribution < -0.4 is 27.4 Å². The van der Waals surface area contributed by atoms with Gasteiger partial charge in [0.05, 0.1) is 12.1 Å². The van der Waals surface area contributed by atoms with Crippen LogP contribution in [0.5, 0.6) is 0 Å². The SMILES string of the molecule is Cc1cc2[nH]cc(CCNC(=O)N3CCC4(CC3)CN=C(NC(=O)c3nc(I)c(N)nc3N)N4)c2cc1C. The van der Waals surface area contributed by atoms with E-state index >= 15 is 0 Å². The maximum Gasteiger partial charge on any atom is 0.317 e. The molecule has 0 bridgehead atoms. The Kier molecular flexibility index (Phi) is 7.03. The van der Waals surface area contributed by atoms with E-state index in [4.69, 9.17) is 11.5 Å². The van der Waals surface area contributed by atoms with E-state index in [2.05, 4.69) is 61.9 Å². The summed E-state index contributed by atoms with van der Waals surface area (Å²) >= 11 is 1.90. The number of nitrogens with zero attached hydrogens (tertiary/aromatic N) is 4. The van der Waals surface area contributed by atoms with Gasteiger partial charge in [0, 0.05) is 36.7 Å². The highest BCUT2D eigenvalue weighted by molar-refractivity contribution is 14.1. The highest BCUT2D eigenvalue weighted by Gasteiger charge is 2.40. The van der Waals surface area contributed by atoms with Gasteiger partial charge in [0.1, 0.15) is 3.70 Å². The van der Waals surface area contributed by atoms with E-state index in [0.29, 0.717) is 48.7 Å². The summed E-state index contributed by atoms with van der Waals surface area (Å²) in [6.45, 7) is 6.48. The third kappa shape index (κ3) is 5.19. The molecule has 1 fully saturated rings. The number of hydrogen-bond donors (Lipinski definition) is 6. The second-order valence-electron chi connectivity index (χ2n) is 9.92. The lowest BCUT2D eigenvalue weighted by atomic mass is 9.88. The number of likely N-dealkylation sites (tertiary alicyclic amines) is 1. The van der Waals surface area contributed by atoms with Crippen molar-refractivity contribution in [1.82, 2.24) is 35.8 Å². The molecule has 2 aromatic heterocycles. The molecule has 200 valence electrons. The van der Waals surface area contributed by atoms with Gasteiger partial charge in [-0.2, -0.15) is 0 Å². The number of fused-ring (bicyclic) bond motifs is 1. The monoisotopic (exact) mass is 630 g/mol. The van der Waals surface area contributed by atoms with Crippen molar-refractivity contribution in [2.45, 2.75) is 38.6 Å². The number of H-pyrrole nitrogens is 1. The van der Waals surface area contributed by atoms with Crippen LogP contribution in [0.2, 0.25) is 0 Å². The second-order valence-corrected chi connectivity index (χ2v) is 10.9. The molecule has 1 spiro atoms.